The molecule has 188 valence electrons. The van der Waals surface area contributed by atoms with Crippen molar-refractivity contribution in [1.29, 1.82) is 0 Å². The predicted octanol–water partition coefficient (Wildman–Crippen LogP) is 3.39. The Bertz CT molecular complexity index is 1430. The number of hydrogen-bond donors (Lipinski definition) is 1. The molecule has 0 saturated carbocycles. The first-order valence-electron chi connectivity index (χ1n) is 11.9. The first-order chi connectivity index (χ1) is 17.5. The fourth-order valence-electron chi connectivity index (χ4n) is 4.42. The van der Waals surface area contributed by atoms with Crippen molar-refractivity contribution < 1.29 is 13.2 Å². The number of benzene rings is 3. The maximum absolute atomic E-state index is 12.9. The molecule has 1 saturated heterocycles. The summed E-state index contributed by atoms with van der Waals surface area (Å²) < 4.78 is 38.5. The molecule has 0 atom stereocenters. The number of sulfonamides is 1. The highest BCUT2D eigenvalue weighted by molar-refractivity contribution is 7.89. The van der Waals surface area contributed by atoms with Crippen molar-refractivity contribution in [2.24, 2.45) is 0 Å². The summed E-state index contributed by atoms with van der Waals surface area (Å²) >= 11 is 1.43. The van der Waals surface area contributed by atoms with E-state index in [0.29, 0.717) is 24.4 Å². The number of piperazine rings is 1. The van der Waals surface area contributed by atoms with E-state index in [1.165, 1.54) is 11.5 Å². The maximum Gasteiger partial charge on any atom is 0.241 e. The van der Waals surface area contributed by atoms with E-state index in [1.54, 1.807) is 19.2 Å². The summed E-state index contributed by atoms with van der Waals surface area (Å²) in [7, 11) is -1.92. The maximum atomic E-state index is 12.9. The van der Waals surface area contributed by atoms with Crippen LogP contribution < -0.4 is 14.4 Å². The molecule has 0 spiro atoms. The van der Waals surface area contributed by atoms with E-state index in [2.05, 4.69) is 25.0 Å². The van der Waals surface area contributed by atoms with E-state index in [9.17, 15) is 8.42 Å². The van der Waals surface area contributed by atoms with Crippen molar-refractivity contribution in [3.8, 4) is 5.75 Å². The first kappa shape index (κ1) is 24.6. The summed E-state index contributed by atoms with van der Waals surface area (Å²) in [5.74, 6) is 1.65. The highest BCUT2D eigenvalue weighted by Crippen LogP contribution is 2.23. The molecular weight excluding hydrogens is 494 g/mol. The molecule has 0 amide bonds. The van der Waals surface area contributed by atoms with Crippen LogP contribution in [0.25, 0.3) is 10.8 Å². The topological polar surface area (TPSA) is 87.7 Å². The van der Waals surface area contributed by atoms with Crippen molar-refractivity contribution >= 4 is 37.5 Å². The van der Waals surface area contributed by atoms with Gasteiger partial charge in [0.1, 0.15) is 11.6 Å². The molecule has 10 heteroatoms. The number of ether oxygens (including phenoxy) is 1. The van der Waals surface area contributed by atoms with Gasteiger partial charge < -0.3 is 9.64 Å². The number of aromatic nitrogens is 2. The molecule has 1 N–H and O–H groups in total. The highest BCUT2D eigenvalue weighted by atomic mass is 32.2. The van der Waals surface area contributed by atoms with E-state index in [4.69, 9.17) is 9.72 Å². The summed E-state index contributed by atoms with van der Waals surface area (Å²) in [6, 6.07) is 20.9. The Hall–Kier alpha value is -3.05. The average molecular weight is 524 g/mol. The Morgan fingerprint density at radius 2 is 1.78 bits per heavy atom. The number of fused-ring (bicyclic) bond motifs is 1. The van der Waals surface area contributed by atoms with Crippen LogP contribution in [0.1, 0.15) is 11.4 Å². The Kier molecular flexibility index (Phi) is 7.47. The normalized spacial score (nSPS) is 14.9. The predicted molar refractivity (Wildman–Crippen MR) is 143 cm³/mol. The number of anilines is 1. The summed E-state index contributed by atoms with van der Waals surface area (Å²) in [4.78, 5) is 9.60. The largest absolute Gasteiger partial charge is 0.497 e. The van der Waals surface area contributed by atoms with Gasteiger partial charge in [-0.2, -0.15) is 4.37 Å². The van der Waals surface area contributed by atoms with Crippen LogP contribution in [0.15, 0.2) is 71.6 Å². The SMILES string of the molecule is COc1cccc(Cc2nsc(N3CCN(CCNS(=O)(=O)c4cccc5ccccc45)CC3)n2)c1. The number of rotatable bonds is 9. The van der Waals surface area contributed by atoms with Crippen molar-refractivity contribution in [3.63, 3.8) is 0 Å². The average Bonchev–Trinajstić information content (AvgIpc) is 3.37. The zero-order valence-electron chi connectivity index (χ0n) is 20.1. The van der Waals surface area contributed by atoms with Crippen molar-refractivity contribution in [1.82, 2.24) is 19.0 Å². The molecule has 0 aliphatic carbocycles. The number of hydrogen-bond acceptors (Lipinski definition) is 8. The molecule has 1 fully saturated rings. The van der Waals surface area contributed by atoms with Gasteiger partial charge in [-0.15, -0.1) is 0 Å². The lowest BCUT2D eigenvalue weighted by Gasteiger charge is -2.34. The Morgan fingerprint density at radius 3 is 2.61 bits per heavy atom. The lowest BCUT2D eigenvalue weighted by atomic mass is 10.1. The minimum atomic E-state index is -3.58. The molecule has 2 heterocycles. The molecule has 0 unspecified atom stereocenters. The first-order valence-corrected chi connectivity index (χ1v) is 14.2. The van der Waals surface area contributed by atoms with Gasteiger partial charge in [0, 0.05) is 62.6 Å². The molecule has 1 aliphatic rings. The second-order valence-corrected chi connectivity index (χ2v) is 11.2. The molecule has 4 aromatic rings. The second-order valence-electron chi connectivity index (χ2n) is 8.73. The van der Waals surface area contributed by atoms with Gasteiger partial charge in [-0.3, -0.25) is 4.90 Å². The molecule has 3 aromatic carbocycles. The van der Waals surface area contributed by atoms with E-state index >= 15 is 0 Å². The molecule has 8 nitrogen and oxygen atoms in total. The Labute approximate surface area is 215 Å². The van der Waals surface area contributed by atoms with Crippen molar-refractivity contribution in [3.05, 3.63) is 78.1 Å². The van der Waals surface area contributed by atoms with E-state index < -0.39 is 10.0 Å². The fraction of sp³-hybridized carbons (Fsp3) is 0.308. The summed E-state index contributed by atoms with van der Waals surface area (Å²) in [5, 5.41) is 2.59. The van der Waals surface area contributed by atoms with Gasteiger partial charge in [0.05, 0.1) is 12.0 Å². The van der Waals surface area contributed by atoms with Gasteiger partial charge >= 0.3 is 0 Å². The highest BCUT2D eigenvalue weighted by Gasteiger charge is 2.21. The van der Waals surface area contributed by atoms with Gasteiger partial charge in [-0.1, -0.05) is 48.5 Å². The van der Waals surface area contributed by atoms with Crippen molar-refractivity contribution in [2.45, 2.75) is 11.3 Å². The van der Waals surface area contributed by atoms with E-state index in [-0.39, 0.29) is 0 Å². The van der Waals surface area contributed by atoms with Crippen molar-refractivity contribution in [2.75, 3.05) is 51.3 Å². The van der Waals surface area contributed by atoms with Crippen LogP contribution in [0.3, 0.4) is 0 Å². The number of methoxy groups -OCH3 is 1. The molecule has 1 aliphatic heterocycles. The van der Waals surface area contributed by atoms with E-state index in [0.717, 1.165) is 59.2 Å². The number of nitrogens with zero attached hydrogens (tertiary/aromatic N) is 4. The summed E-state index contributed by atoms with van der Waals surface area (Å²) in [6.45, 7) is 4.40. The van der Waals surface area contributed by atoms with Gasteiger partial charge in [0.2, 0.25) is 15.2 Å². The minimum absolute atomic E-state index is 0.325. The van der Waals surface area contributed by atoms with Gasteiger partial charge in [0.15, 0.2) is 0 Å². The quantitative estimate of drug-likeness (QED) is 0.360. The molecule has 0 bridgehead atoms. The third kappa shape index (κ3) is 5.67. The smallest absolute Gasteiger partial charge is 0.241 e. The van der Waals surface area contributed by atoms with Crippen LogP contribution in [0.5, 0.6) is 5.75 Å². The van der Waals surface area contributed by atoms with Crippen LogP contribution in [-0.2, 0) is 16.4 Å². The molecule has 1 aromatic heterocycles. The van der Waals surface area contributed by atoms with Gasteiger partial charge in [-0.25, -0.2) is 18.1 Å². The minimum Gasteiger partial charge on any atom is -0.497 e. The Morgan fingerprint density at radius 1 is 1.00 bits per heavy atom. The third-order valence-electron chi connectivity index (χ3n) is 6.36. The van der Waals surface area contributed by atoms with Crippen LogP contribution in [0, 0.1) is 0 Å². The molecule has 5 rings (SSSR count). The second kappa shape index (κ2) is 10.9. The monoisotopic (exact) mass is 523 g/mol. The summed E-state index contributed by atoms with van der Waals surface area (Å²) in [5.41, 5.74) is 1.12. The van der Waals surface area contributed by atoms with Crippen LogP contribution in [0.2, 0.25) is 0 Å². The zero-order chi connectivity index (χ0) is 25.0. The Balaban J connectivity index is 1.11. The number of nitrogens with one attached hydrogen (secondary N) is 1. The van der Waals surface area contributed by atoms with Gasteiger partial charge in [0.25, 0.3) is 0 Å². The van der Waals surface area contributed by atoms with Gasteiger partial charge in [-0.05, 0) is 29.1 Å². The fourth-order valence-corrected chi connectivity index (χ4v) is 6.40. The van der Waals surface area contributed by atoms with Crippen LogP contribution >= 0.6 is 11.5 Å². The molecule has 0 radical (unpaired) electrons. The summed E-state index contributed by atoms with van der Waals surface area (Å²) in [6.07, 6.45) is 0.671. The van der Waals surface area contributed by atoms with Crippen LogP contribution in [-0.4, -0.2) is 69.1 Å². The third-order valence-corrected chi connectivity index (χ3v) is 8.69. The van der Waals surface area contributed by atoms with E-state index in [1.807, 2.05) is 48.5 Å². The molecule has 36 heavy (non-hydrogen) atoms. The lowest BCUT2D eigenvalue weighted by Crippen LogP contribution is -2.48. The molecular formula is C26H29N5O3S2. The lowest BCUT2D eigenvalue weighted by molar-refractivity contribution is 0.262. The van der Waals surface area contributed by atoms with Crippen LogP contribution in [0.4, 0.5) is 5.13 Å². The zero-order valence-corrected chi connectivity index (χ0v) is 21.8. The standard InChI is InChI=1S/C26H29N5O3S2/c1-34-22-9-4-6-20(18-22)19-25-28-26(35-29-25)31-16-14-30(15-17-31)13-12-27-36(32,33)24-11-5-8-21-7-2-3-10-23(21)24/h2-11,18,27H,12-17,19H2,1H3.